The van der Waals surface area contributed by atoms with Gasteiger partial charge in [0.2, 0.25) is 0 Å². The Morgan fingerprint density at radius 2 is 1.68 bits per heavy atom. The summed E-state index contributed by atoms with van der Waals surface area (Å²) < 4.78 is 27.0. The van der Waals surface area contributed by atoms with E-state index in [1.807, 2.05) is 26.8 Å². The van der Waals surface area contributed by atoms with Gasteiger partial charge in [-0.15, -0.1) is 0 Å². The van der Waals surface area contributed by atoms with E-state index in [0.29, 0.717) is 11.3 Å². The fourth-order valence-corrected chi connectivity index (χ4v) is 4.80. The van der Waals surface area contributed by atoms with Crippen LogP contribution in [0.3, 0.4) is 0 Å². The molecule has 3 aromatic carbocycles. The number of sulfonamides is 1. The lowest BCUT2D eigenvalue weighted by molar-refractivity contribution is 0.0935. The SMILES string of the molecule is CC[C@@H](NC(=O)c1cccc(N(C)S(=O)(=O)c2ccccc2)c1)c1ccc(C)cc1C. The highest BCUT2D eigenvalue weighted by Crippen LogP contribution is 2.25. The van der Waals surface area contributed by atoms with Crippen molar-refractivity contribution in [2.75, 3.05) is 11.4 Å². The third kappa shape index (κ3) is 4.97. The van der Waals surface area contributed by atoms with E-state index in [2.05, 4.69) is 17.4 Å². The molecule has 0 heterocycles. The summed E-state index contributed by atoms with van der Waals surface area (Å²) in [7, 11) is -2.22. The second-order valence-corrected chi connectivity index (χ2v) is 9.60. The predicted molar refractivity (Wildman–Crippen MR) is 125 cm³/mol. The van der Waals surface area contributed by atoms with Crippen molar-refractivity contribution >= 4 is 21.6 Å². The molecule has 6 heteroatoms. The lowest BCUT2D eigenvalue weighted by Crippen LogP contribution is -2.29. The number of carbonyl (C=O) groups is 1. The zero-order valence-corrected chi connectivity index (χ0v) is 19.1. The molecule has 0 fully saturated rings. The number of nitrogens with one attached hydrogen (secondary N) is 1. The maximum absolute atomic E-state index is 13.0. The second kappa shape index (κ2) is 9.35. The minimum absolute atomic E-state index is 0.123. The predicted octanol–water partition coefficient (Wildman–Crippen LogP) is 5.01. The quantitative estimate of drug-likeness (QED) is 0.566. The normalized spacial score (nSPS) is 12.3. The van der Waals surface area contributed by atoms with Crippen molar-refractivity contribution in [2.24, 2.45) is 0 Å². The van der Waals surface area contributed by atoms with Crippen molar-refractivity contribution in [3.8, 4) is 0 Å². The molecule has 0 radical (unpaired) electrons. The molecule has 0 bridgehead atoms. The van der Waals surface area contributed by atoms with Crippen LogP contribution >= 0.6 is 0 Å². The molecule has 1 amide bonds. The summed E-state index contributed by atoms with van der Waals surface area (Å²) >= 11 is 0. The molecule has 31 heavy (non-hydrogen) atoms. The van der Waals surface area contributed by atoms with Crippen LogP contribution in [0, 0.1) is 13.8 Å². The van der Waals surface area contributed by atoms with Gasteiger partial charge in [-0.25, -0.2) is 8.42 Å². The Balaban J connectivity index is 1.84. The van der Waals surface area contributed by atoms with Gasteiger partial charge in [-0.1, -0.05) is 55.0 Å². The van der Waals surface area contributed by atoms with Gasteiger partial charge < -0.3 is 5.32 Å². The van der Waals surface area contributed by atoms with Crippen molar-refractivity contribution in [2.45, 2.75) is 38.1 Å². The third-order valence-corrected chi connectivity index (χ3v) is 7.19. The first-order chi connectivity index (χ1) is 14.7. The molecule has 3 rings (SSSR count). The van der Waals surface area contributed by atoms with Crippen LogP contribution in [0.25, 0.3) is 0 Å². The Kier molecular flexibility index (Phi) is 6.81. The number of hydrogen-bond acceptors (Lipinski definition) is 3. The summed E-state index contributed by atoms with van der Waals surface area (Å²) in [4.78, 5) is 13.2. The minimum Gasteiger partial charge on any atom is -0.345 e. The van der Waals surface area contributed by atoms with Gasteiger partial charge in [0, 0.05) is 12.6 Å². The first-order valence-electron chi connectivity index (χ1n) is 10.3. The highest BCUT2D eigenvalue weighted by atomic mass is 32.2. The standard InChI is InChI=1S/C25H28N2O3S/c1-5-24(23-15-14-18(2)16-19(23)3)26-25(28)20-10-9-11-21(17-20)27(4)31(29,30)22-12-7-6-8-13-22/h6-17,24H,5H2,1-4H3,(H,26,28)/t24-/m1/s1. The Bertz CT molecular complexity index is 1170. The number of amides is 1. The molecule has 162 valence electrons. The van der Waals surface area contributed by atoms with Crippen molar-refractivity contribution in [3.63, 3.8) is 0 Å². The summed E-state index contributed by atoms with van der Waals surface area (Å²) in [5.41, 5.74) is 4.24. The smallest absolute Gasteiger partial charge is 0.264 e. The van der Waals surface area contributed by atoms with Crippen LogP contribution < -0.4 is 9.62 Å². The summed E-state index contributed by atoms with van der Waals surface area (Å²) in [6, 6.07) is 21.0. The molecule has 1 atom stereocenters. The van der Waals surface area contributed by atoms with E-state index in [-0.39, 0.29) is 16.8 Å². The molecule has 0 aliphatic heterocycles. The molecule has 5 nitrogen and oxygen atoms in total. The molecular formula is C25H28N2O3S. The maximum Gasteiger partial charge on any atom is 0.264 e. The van der Waals surface area contributed by atoms with E-state index in [0.717, 1.165) is 17.5 Å². The van der Waals surface area contributed by atoms with Crippen LogP contribution in [0.2, 0.25) is 0 Å². The number of rotatable bonds is 7. The molecule has 1 N–H and O–H groups in total. The van der Waals surface area contributed by atoms with E-state index >= 15 is 0 Å². The highest BCUT2D eigenvalue weighted by molar-refractivity contribution is 7.92. The maximum atomic E-state index is 13.0. The molecule has 0 saturated heterocycles. The largest absolute Gasteiger partial charge is 0.345 e. The summed E-state index contributed by atoms with van der Waals surface area (Å²) in [5.74, 6) is -0.237. The zero-order valence-electron chi connectivity index (χ0n) is 18.3. The fraction of sp³-hybridized carbons (Fsp3) is 0.240. The van der Waals surface area contributed by atoms with Crippen LogP contribution in [0.1, 0.15) is 46.4 Å². The van der Waals surface area contributed by atoms with Crippen LogP contribution in [-0.2, 0) is 10.0 Å². The number of hydrogen-bond donors (Lipinski definition) is 1. The number of benzene rings is 3. The van der Waals surface area contributed by atoms with Gasteiger partial charge in [0.05, 0.1) is 16.6 Å². The summed E-state index contributed by atoms with van der Waals surface area (Å²) in [6.45, 7) is 6.11. The van der Waals surface area contributed by atoms with E-state index in [1.165, 1.54) is 16.9 Å². The van der Waals surface area contributed by atoms with Crippen molar-refractivity contribution in [1.82, 2.24) is 5.32 Å². The monoisotopic (exact) mass is 436 g/mol. The lowest BCUT2D eigenvalue weighted by Gasteiger charge is -2.22. The number of aryl methyl sites for hydroxylation is 2. The van der Waals surface area contributed by atoms with Crippen LogP contribution in [-0.4, -0.2) is 21.4 Å². The Morgan fingerprint density at radius 3 is 2.32 bits per heavy atom. The Labute approximate surface area is 184 Å². The number of carbonyl (C=O) groups excluding carboxylic acids is 1. The Hall–Kier alpha value is -3.12. The molecule has 0 saturated carbocycles. The molecule has 0 unspecified atom stereocenters. The van der Waals surface area contributed by atoms with Gasteiger partial charge >= 0.3 is 0 Å². The van der Waals surface area contributed by atoms with Gasteiger partial charge in [-0.3, -0.25) is 9.10 Å². The van der Waals surface area contributed by atoms with Gasteiger partial charge in [0.15, 0.2) is 0 Å². The topological polar surface area (TPSA) is 66.5 Å². The van der Waals surface area contributed by atoms with Crippen LogP contribution in [0.4, 0.5) is 5.69 Å². The minimum atomic E-state index is -3.71. The van der Waals surface area contributed by atoms with Crippen LogP contribution in [0.15, 0.2) is 77.7 Å². The second-order valence-electron chi connectivity index (χ2n) is 7.63. The number of anilines is 1. The van der Waals surface area contributed by atoms with E-state index in [4.69, 9.17) is 0 Å². The summed E-state index contributed by atoms with van der Waals surface area (Å²) in [6.07, 6.45) is 0.748. The average Bonchev–Trinajstić information content (AvgIpc) is 2.78. The van der Waals surface area contributed by atoms with Crippen LogP contribution in [0.5, 0.6) is 0 Å². The van der Waals surface area contributed by atoms with Gasteiger partial charge in [0.25, 0.3) is 15.9 Å². The summed E-state index contributed by atoms with van der Waals surface area (Å²) in [5, 5.41) is 3.09. The molecule has 0 spiro atoms. The van der Waals surface area contributed by atoms with E-state index in [9.17, 15) is 13.2 Å². The highest BCUT2D eigenvalue weighted by Gasteiger charge is 2.22. The van der Waals surface area contributed by atoms with E-state index in [1.54, 1.807) is 54.6 Å². The molecule has 0 aliphatic carbocycles. The van der Waals surface area contributed by atoms with Crippen molar-refractivity contribution < 1.29 is 13.2 Å². The lowest BCUT2D eigenvalue weighted by atomic mass is 9.97. The molecule has 3 aromatic rings. The Morgan fingerprint density at radius 1 is 0.968 bits per heavy atom. The first kappa shape index (κ1) is 22.6. The van der Waals surface area contributed by atoms with Gasteiger partial charge in [0.1, 0.15) is 0 Å². The van der Waals surface area contributed by atoms with Crippen molar-refractivity contribution in [1.29, 1.82) is 0 Å². The third-order valence-electron chi connectivity index (χ3n) is 5.39. The fourth-order valence-electron chi connectivity index (χ4n) is 3.59. The molecular weight excluding hydrogens is 408 g/mol. The molecule has 0 aromatic heterocycles. The van der Waals surface area contributed by atoms with Gasteiger partial charge in [-0.2, -0.15) is 0 Å². The van der Waals surface area contributed by atoms with E-state index < -0.39 is 10.0 Å². The van der Waals surface area contributed by atoms with Crippen molar-refractivity contribution in [3.05, 3.63) is 95.1 Å². The first-order valence-corrected chi connectivity index (χ1v) is 11.7. The number of nitrogens with zero attached hydrogens (tertiary/aromatic N) is 1. The zero-order chi connectivity index (χ0) is 22.6. The van der Waals surface area contributed by atoms with Gasteiger partial charge in [-0.05, 0) is 61.7 Å². The molecule has 0 aliphatic rings. The average molecular weight is 437 g/mol.